The SMILES string of the molecule is CCNc1nc(-c2ccc(C)c(Br)c2)nc(C)c1I. The summed E-state index contributed by atoms with van der Waals surface area (Å²) in [6.45, 7) is 6.99. The quantitative estimate of drug-likeness (QED) is 0.724. The maximum absolute atomic E-state index is 4.61. The topological polar surface area (TPSA) is 37.8 Å². The third-order valence-electron chi connectivity index (χ3n) is 2.79. The Labute approximate surface area is 135 Å². The molecule has 0 spiro atoms. The number of benzene rings is 1. The second-order valence-electron chi connectivity index (χ2n) is 4.29. The van der Waals surface area contributed by atoms with Crippen molar-refractivity contribution in [2.45, 2.75) is 20.8 Å². The highest BCUT2D eigenvalue weighted by Gasteiger charge is 2.10. The Morgan fingerprint density at radius 2 is 2.00 bits per heavy atom. The van der Waals surface area contributed by atoms with Crippen LogP contribution in [0.25, 0.3) is 11.4 Å². The Balaban J connectivity index is 2.52. The lowest BCUT2D eigenvalue weighted by Gasteiger charge is -2.10. The number of aromatic nitrogens is 2. The number of rotatable bonds is 3. The van der Waals surface area contributed by atoms with Gasteiger partial charge in [0.15, 0.2) is 5.82 Å². The Morgan fingerprint density at radius 1 is 1.26 bits per heavy atom. The van der Waals surface area contributed by atoms with Gasteiger partial charge in [-0.15, -0.1) is 0 Å². The van der Waals surface area contributed by atoms with Crippen molar-refractivity contribution in [1.82, 2.24) is 9.97 Å². The van der Waals surface area contributed by atoms with Gasteiger partial charge in [0.25, 0.3) is 0 Å². The molecule has 0 saturated carbocycles. The van der Waals surface area contributed by atoms with Gasteiger partial charge in [0.2, 0.25) is 0 Å². The van der Waals surface area contributed by atoms with Crippen molar-refractivity contribution >= 4 is 44.3 Å². The largest absolute Gasteiger partial charge is 0.369 e. The molecule has 2 aromatic rings. The van der Waals surface area contributed by atoms with Gasteiger partial charge in [-0.2, -0.15) is 0 Å². The average molecular weight is 432 g/mol. The van der Waals surface area contributed by atoms with Crippen LogP contribution in [-0.2, 0) is 0 Å². The Hall–Kier alpha value is -0.690. The van der Waals surface area contributed by atoms with E-state index in [2.05, 4.69) is 85.9 Å². The summed E-state index contributed by atoms with van der Waals surface area (Å²) in [5, 5.41) is 3.28. The molecule has 19 heavy (non-hydrogen) atoms. The number of anilines is 1. The van der Waals surface area contributed by atoms with Gasteiger partial charge in [-0.05, 0) is 55.0 Å². The molecule has 2 rings (SSSR count). The van der Waals surface area contributed by atoms with Gasteiger partial charge in [0.1, 0.15) is 5.82 Å². The maximum atomic E-state index is 4.61. The predicted molar refractivity (Wildman–Crippen MR) is 91.5 cm³/mol. The summed E-state index contributed by atoms with van der Waals surface area (Å²) < 4.78 is 2.16. The molecular formula is C14H15BrIN3. The molecule has 1 aromatic carbocycles. The molecule has 0 aliphatic carbocycles. The van der Waals surface area contributed by atoms with Gasteiger partial charge < -0.3 is 5.32 Å². The van der Waals surface area contributed by atoms with Crippen LogP contribution in [0.3, 0.4) is 0 Å². The normalized spacial score (nSPS) is 10.6. The minimum absolute atomic E-state index is 0.759. The van der Waals surface area contributed by atoms with E-state index in [4.69, 9.17) is 0 Å². The van der Waals surface area contributed by atoms with Crippen molar-refractivity contribution in [3.8, 4) is 11.4 Å². The molecule has 0 bridgehead atoms. The molecular weight excluding hydrogens is 417 g/mol. The van der Waals surface area contributed by atoms with Crippen LogP contribution in [0.2, 0.25) is 0 Å². The molecule has 5 heteroatoms. The third-order valence-corrected chi connectivity index (χ3v) is 4.94. The minimum Gasteiger partial charge on any atom is -0.369 e. The van der Waals surface area contributed by atoms with Crippen LogP contribution in [0.5, 0.6) is 0 Å². The fraction of sp³-hybridized carbons (Fsp3) is 0.286. The smallest absolute Gasteiger partial charge is 0.161 e. The lowest BCUT2D eigenvalue weighted by molar-refractivity contribution is 1.06. The van der Waals surface area contributed by atoms with E-state index >= 15 is 0 Å². The van der Waals surface area contributed by atoms with Crippen LogP contribution in [0.15, 0.2) is 22.7 Å². The summed E-state index contributed by atoms with van der Waals surface area (Å²) in [6.07, 6.45) is 0. The van der Waals surface area contributed by atoms with Gasteiger partial charge in [0, 0.05) is 16.6 Å². The zero-order valence-corrected chi connectivity index (χ0v) is 14.8. The van der Waals surface area contributed by atoms with Crippen LogP contribution in [-0.4, -0.2) is 16.5 Å². The summed E-state index contributed by atoms with van der Waals surface area (Å²) in [6, 6.07) is 6.19. The number of hydrogen-bond donors (Lipinski definition) is 1. The molecule has 0 saturated heterocycles. The van der Waals surface area contributed by atoms with E-state index in [0.29, 0.717) is 0 Å². The molecule has 0 aliphatic rings. The van der Waals surface area contributed by atoms with Gasteiger partial charge in [-0.3, -0.25) is 0 Å². The summed E-state index contributed by atoms with van der Waals surface area (Å²) in [4.78, 5) is 9.19. The molecule has 0 amide bonds. The summed E-state index contributed by atoms with van der Waals surface area (Å²) in [5.74, 6) is 1.66. The highest BCUT2D eigenvalue weighted by molar-refractivity contribution is 14.1. The van der Waals surface area contributed by atoms with Gasteiger partial charge in [-0.1, -0.05) is 28.1 Å². The molecule has 3 nitrogen and oxygen atoms in total. The fourth-order valence-electron chi connectivity index (χ4n) is 1.70. The number of hydrogen-bond acceptors (Lipinski definition) is 3. The minimum atomic E-state index is 0.759. The molecule has 0 atom stereocenters. The van der Waals surface area contributed by atoms with Gasteiger partial charge in [0.05, 0.1) is 9.26 Å². The van der Waals surface area contributed by atoms with E-state index in [-0.39, 0.29) is 0 Å². The number of halogens is 2. The van der Waals surface area contributed by atoms with Crippen LogP contribution >= 0.6 is 38.5 Å². The highest BCUT2D eigenvalue weighted by Crippen LogP contribution is 2.26. The molecule has 1 heterocycles. The number of nitrogens with one attached hydrogen (secondary N) is 1. The predicted octanol–water partition coefficient (Wildman–Crippen LogP) is 4.56. The second-order valence-corrected chi connectivity index (χ2v) is 6.22. The summed E-state index contributed by atoms with van der Waals surface area (Å²) >= 11 is 5.83. The molecule has 0 radical (unpaired) electrons. The van der Waals surface area contributed by atoms with Crippen molar-refractivity contribution in [2.75, 3.05) is 11.9 Å². The average Bonchev–Trinajstić information content (AvgIpc) is 2.38. The first-order valence-corrected chi connectivity index (χ1v) is 7.94. The summed E-state index contributed by atoms with van der Waals surface area (Å²) in [7, 11) is 0. The maximum Gasteiger partial charge on any atom is 0.161 e. The lowest BCUT2D eigenvalue weighted by Crippen LogP contribution is -2.06. The van der Waals surface area contributed by atoms with Gasteiger partial charge in [-0.25, -0.2) is 9.97 Å². The Kier molecular flexibility index (Phi) is 4.78. The molecule has 0 aliphatic heterocycles. The van der Waals surface area contributed by atoms with Crippen LogP contribution in [0.1, 0.15) is 18.2 Å². The van der Waals surface area contributed by atoms with E-state index in [9.17, 15) is 0 Å². The molecule has 0 unspecified atom stereocenters. The van der Waals surface area contributed by atoms with Crippen molar-refractivity contribution < 1.29 is 0 Å². The zero-order valence-electron chi connectivity index (χ0n) is 11.1. The number of nitrogens with zero attached hydrogens (tertiary/aromatic N) is 2. The van der Waals surface area contributed by atoms with Crippen molar-refractivity contribution in [2.24, 2.45) is 0 Å². The number of aryl methyl sites for hydroxylation is 2. The first-order chi connectivity index (χ1) is 9.02. The highest BCUT2D eigenvalue weighted by atomic mass is 127. The van der Waals surface area contributed by atoms with E-state index in [1.165, 1.54) is 5.56 Å². The molecule has 0 fully saturated rings. The second kappa shape index (κ2) is 6.17. The first kappa shape index (κ1) is 14.7. The van der Waals surface area contributed by atoms with Crippen molar-refractivity contribution in [3.05, 3.63) is 37.5 Å². The Morgan fingerprint density at radius 3 is 2.63 bits per heavy atom. The van der Waals surface area contributed by atoms with Crippen LogP contribution < -0.4 is 5.32 Å². The Bertz CT molecular complexity index is 614. The van der Waals surface area contributed by atoms with Crippen LogP contribution in [0, 0.1) is 17.4 Å². The molecule has 100 valence electrons. The first-order valence-electron chi connectivity index (χ1n) is 6.07. The van der Waals surface area contributed by atoms with Crippen LogP contribution in [0.4, 0.5) is 5.82 Å². The van der Waals surface area contributed by atoms with E-state index in [1.54, 1.807) is 0 Å². The van der Waals surface area contributed by atoms with E-state index in [0.717, 1.165) is 37.5 Å². The zero-order chi connectivity index (χ0) is 14.0. The van der Waals surface area contributed by atoms with Gasteiger partial charge >= 0.3 is 0 Å². The van der Waals surface area contributed by atoms with E-state index in [1.807, 2.05) is 6.92 Å². The summed E-state index contributed by atoms with van der Waals surface area (Å²) in [5.41, 5.74) is 3.23. The lowest BCUT2D eigenvalue weighted by atomic mass is 10.1. The van der Waals surface area contributed by atoms with Crippen molar-refractivity contribution in [1.29, 1.82) is 0 Å². The fourth-order valence-corrected chi connectivity index (χ4v) is 2.52. The molecule has 1 aromatic heterocycles. The third kappa shape index (κ3) is 3.25. The monoisotopic (exact) mass is 431 g/mol. The standard InChI is InChI=1S/C14H15BrIN3/c1-4-17-14-12(16)9(3)18-13(19-14)10-6-5-8(2)11(15)7-10/h5-7H,4H2,1-3H3,(H,17,18,19). The molecule has 1 N–H and O–H groups in total. The van der Waals surface area contributed by atoms with E-state index < -0.39 is 0 Å². The van der Waals surface area contributed by atoms with Crippen molar-refractivity contribution in [3.63, 3.8) is 0 Å².